The molecule has 17 heavy (non-hydrogen) atoms. The molecule has 0 unspecified atom stereocenters. The van der Waals surface area contributed by atoms with Crippen molar-refractivity contribution in [2.24, 2.45) is 0 Å². The zero-order valence-electron chi connectivity index (χ0n) is 10.6. The fraction of sp³-hybridized carbons (Fsp3) is 0.308. The van der Waals surface area contributed by atoms with Crippen molar-refractivity contribution in [2.45, 2.75) is 6.54 Å². The number of hydrogen-bond acceptors (Lipinski definition) is 2. The highest BCUT2D eigenvalue weighted by molar-refractivity contribution is 5.98. The van der Waals surface area contributed by atoms with Crippen molar-refractivity contribution < 1.29 is 14.8 Å². The molecule has 0 atom stereocenters. The summed E-state index contributed by atoms with van der Waals surface area (Å²) in [6, 6.07) is 7.88. The van der Waals surface area contributed by atoms with Gasteiger partial charge in [0.2, 0.25) is 5.91 Å². The second kappa shape index (κ2) is 6.18. The van der Waals surface area contributed by atoms with Gasteiger partial charge < -0.3 is 15.3 Å². The summed E-state index contributed by atoms with van der Waals surface area (Å²) in [5.74, 6) is -0.181. The molecule has 0 saturated carbocycles. The van der Waals surface area contributed by atoms with Crippen LogP contribution in [0.1, 0.15) is 5.56 Å². The highest BCUT2D eigenvalue weighted by atomic mass is 16.1. The van der Waals surface area contributed by atoms with Crippen molar-refractivity contribution in [2.75, 3.05) is 26.5 Å². The molecule has 0 aliphatic rings. The molecule has 0 radical (unpaired) electrons. The van der Waals surface area contributed by atoms with E-state index in [-0.39, 0.29) is 11.4 Å². The Hall–Kier alpha value is -1.65. The molecule has 0 spiro atoms. The average Bonchev–Trinajstić information content (AvgIpc) is 2.18. The van der Waals surface area contributed by atoms with Crippen molar-refractivity contribution in [3.63, 3.8) is 0 Å². The van der Waals surface area contributed by atoms with Crippen LogP contribution in [-0.2, 0) is 11.3 Å². The number of nitrogens with zero attached hydrogens (tertiary/aromatic N) is 1. The largest absolute Gasteiger partial charge is 0.870 e. The third-order valence-corrected chi connectivity index (χ3v) is 2.06. The average molecular weight is 236 g/mol. The number of carbonyl (C=O) groups is 1. The molecule has 2 N–H and O–H groups in total. The van der Waals surface area contributed by atoms with Crippen molar-refractivity contribution in [3.05, 3.63) is 42.5 Å². The summed E-state index contributed by atoms with van der Waals surface area (Å²) in [6.07, 6.45) is 1.26. The molecule has 4 heteroatoms. The minimum Gasteiger partial charge on any atom is -0.870 e. The number of nitrogens with one attached hydrogen (secondary N) is 1. The van der Waals surface area contributed by atoms with Crippen LogP contribution in [0.5, 0.6) is 0 Å². The molecule has 0 heterocycles. The van der Waals surface area contributed by atoms with Crippen LogP contribution in [0.15, 0.2) is 36.9 Å². The molecule has 0 fully saturated rings. The van der Waals surface area contributed by atoms with Crippen LogP contribution in [-0.4, -0.2) is 37.0 Å². The first-order valence-electron chi connectivity index (χ1n) is 5.23. The summed E-state index contributed by atoms with van der Waals surface area (Å²) in [5.41, 5.74) is 2.05. The van der Waals surface area contributed by atoms with Crippen molar-refractivity contribution in [1.82, 2.24) is 0 Å². The number of amides is 1. The summed E-state index contributed by atoms with van der Waals surface area (Å²) in [6.45, 7) is 4.38. The van der Waals surface area contributed by atoms with Crippen LogP contribution in [0.3, 0.4) is 0 Å². The molecule has 1 amide bonds. The van der Waals surface area contributed by atoms with Crippen molar-refractivity contribution in [1.29, 1.82) is 0 Å². The van der Waals surface area contributed by atoms with E-state index in [0.717, 1.165) is 16.7 Å². The quantitative estimate of drug-likeness (QED) is 0.640. The van der Waals surface area contributed by atoms with Gasteiger partial charge in [-0.3, -0.25) is 4.79 Å². The van der Waals surface area contributed by atoms with E-state index >= 15 is 0 Å². The first-order chi connectivity index (χ1) is 7.40. The maximum atomic E-state index is 11.1. The number of benzene rings is 1. The summed E-state index contributed by atoms with van der Waals surface area (Å²) < 4.78 is 0.887. The standard InChI is InChI=1S/C13H18N2O.H2O/c1-5-13(16)14-12-8-6-11(7-9-12)10-15(2,3)4;/h5-9H,1,10H2,2-4H3;1H2. The monoisotopic (exact) mass is 236 g/mol. The molecule has 0 aromatic heterocycles. The molecule has 0 bridgehead atoms. The Morgan fingerprint density at radius 3 is 2.24 bits per heavy atom. The Morgan fingerprint density at radius 1 is 1.29 bits per heavy atom. The number of rotatable bonds is 4. The van der Waals surface area contributed by atoms with Gasteiger partial charge in [-0.2, -0.15) is 0 Å². The lowest BCUT2D eigenvalue weighted by Crippen LogP contribution is -2.33. The minimum atomic E-state index is -0.181. The van der Waals surface area contributed by atoms with Crippen molar-refractivity contribution in [3.8, 4) is 0 Å². The lowest BCUT2D eigenvalue weighted by atomic mass is 10.2. The van der Waals surface area contributed by atoms with E-state index in [0.29, 0.717) is 0 Å². The summed E-state index contributed by atoms with van der Waals surface area (Å²) in [7, 11) is 6.44. The summed E-state index contributed by atoms with van der Waals surface area (Å²) in [4.78, 5) is 11.1. The fourth-order valence-corrected chi connectivity index (χ4v) is 1.43. The van der Waals surface area contributed by atoms with Gasteiger partial charge in [-0.15, -0.1) is 0 Å². The normalized spacial score (nSPS) is 10.3. The molecule has 0 aliphatic carbocycles. The molecule has 1 aromatic carbocycles. The first-order valence-corrected chi connectivity index (χ1v) is 5.23. The molecular weight excluding hydrogens is 216 g/mol. The third kappa shape index (κ3) is 5.85. The van der Waals surface area contributed by atoms with E-state index in [1.54, 1.807) is 0 Å². The van der Waals surface area contributed by atoms with Gasteiger partial charge in [0.25, 0.3) is 0 Å². The van der Waals surface area contributed by atoms with E-state index in [2.05, 4.69) is 33.0 Å². The highest BCUT2D eigenvalue weighted by Gasteiger charge is 2.08. The van der Waals surface area contributed by atoms with E-state index in [1.807, 2.05) is 24.3 Å². The second-order valence-electron chi connectivity index (χ2n) is 4.84. The van der Waals surface area contributed by atoms with Gasteiger partial charge in [-0.25, -0.2) is 0 Å². The van der Waals surface area contributed by atoms with Gasteiger partial charge in [0.1, 0.15) is 6.54 Å². The maximum Gasteiger partial charge on any atom is 0.247 e. The second-order valence-corrected chi connectivity index (χ2v) is 4.84. The number of carbonyl (C=O) groups excluding carboxylic acids is 1. The number of hydrogen-bond donors (Lipinski definition) is 1. The van der Waals surface area contributed by atoms with Gasteiger partial charge in [-0.05, 0) is 18.2 Å². The van der Waals surface area contributed by atoms with Crippen molar-refractivity contribution >= 4 is 11.6 Å². The Labute approximate surface area is 102 Å². The number of anilines is 1. The zero-order chi connectivity index (χ0) is 12.2. The van der Waals surface area contributed by atoms with Crippen LogP contribution < -0.4 is 5.32 Å². The van der Waals surface area contributed by atoms with Gasteiger partial charge in [0, 0.05) is 11.3 Å². The minimum absolute atomic E-state index is 0. The SMILES string of the molecule is C=CC(=O)Nc1ccc(C[N+](C)(C)C)cc1.[OH-]. The molecular formula is C13H20N2O2. The Bertz CT molecular complexity index is 377. The van der Waals surface area contributed by atoms with Crippen LogP contribution in [0.25, 0.3) is 0 Å². The predicted octanol–water partition coefficient (Wildman–Crippen LogP) is 1.84. The van der Waals surface area contributed by atoms with Crippen LogP contribution in [0, 0.1) is 0 Å². The van der Waals surface area contributed by atoms with E-state index < -0.39 is 0 Å². The van der Waals surface area contributed by atoms with Crippen LogP contribution in [0.4, 0.5) is 5.69 Å². The van der Waals surface area contributed by atoms with Gasteiger partial charge >= 0.3 is 0 Å². The molecule has 4 nitrogen and oxygen atoms in total. The molecule has 1 aromatic rings. The lowest BCUT2D eigenvalue weighted by Gasteiger charge is -2.23. The highest BCUT2D eigenvalue weighted by Crippen LogP contribution is 2.12. The molecule has 94 valence electrons. The Kier molecular flexibility index (Phi) is 5.58. The molecule has 0 aliphatic heterocycles. The summed E-state index contributed by atoms with van der Waals surface area (Å²) >= 11 is 0. The topological polar surface area (TPSA) is 59.1 Å². The number of quaternary nitrogens is 1. The van der Waals surface area contributed by atoms with Crippen LogP contribution >= 0.6 is 0 Å². The lowest BCUT2D eigenvalue weighted by molar-refractivity contribution is -0.884. The maximum absolute atomic E-state index is 11.1. The zero-order valence-corrected chi connectivity index (χ0v) is 10.6. The van der Waals surface area contributed by atoms with Gasteiger partial charge in [-0.1, -0.05) is 18.7 Å². The fourth-order valence-electron chi connectivity index (χ4n) is 1.43. The van der Waals surface area contributed by atoms with Gasteiger partial charge in [0.15, 0.2) is 0 Å². The third-order valence-electron chi connectivity index (χ3n) is 2.06. The van der Waals surface area contributed by atoms with E-state index in [4.69, 9.17) is 0 Å². The predicted molar refractivity (Wildman–Crippen MR) is 68.9 cm³/mol. The Morgan fingerprint density at radius 2 is 1.82 bits per heavy atom. The van der Waals surface area contributed by atoms with E-state index in [9.17, 15) is 4.79 Å². The first kappa shape index (κ1) is 15.3. The Balaban J connectivity index is 0.00000256. The smallest absolute Gasteiger partial charge is 0.247 e. The molecule has 1 rings (SSSR count). The van der Waals surface area contributed by atoms with E-state index in [1.165, 1.54) is 11.6 Å². The molecule has 0 saturated heterocycles. The van der Waals surface area contributed by atoms with Crippen LogP contribution in [0.2, 0.25) is 0 Å². The van der Waals surface area contributed by atoms with Gasteiger partial charge in [0.05, 0.1) is 21.1 Å². The summed E-state index contributed by atoms with van der Waals surface area (Å²) in [5, 5.41) is 2.72.